The van der Waals surface area contributed by atoms with Gasteiger partial charge in [-0.1, -0.05) is 72.8 Å². The first-order valence-corrected chi connectivity index (χ1v) is 19.3. The number of carbonyl (C=O) groups is 1. The third kappa shape index (κ3) is 9.10. The van der Waals surface area contributed by atoms with Gasteiger partial charge in [-0.15, -0.1) is 23.1 Å². The zero-order valence-corrected chi connectivity index (χ0v) is 28.9. The van der Waals surface area contributed by atoms with Crippen molar-refractivity contribution >= 4 is 49.1 Å². The Kier molecular flexibility index (Phi) is 11.3. The van der Waals surface area contributed by atoms with E-state index in [1.165, 1.54) is 24.3 Å². The van der Waals surface area contributed by atoms with Crippen LogP contribution in [0.25, 0.3) is 21.0 Å². The summed E-state index contributed by atoms with van der Waals surface area (Å²) in [5.74, 6) is 0.0334. The second-order valence-electron chi connectivity index (χ2n) is 10.5. The predicted molar refractivity (Wildman–Crippen MR) is 187 cm³/mol. The van der Waals surface area contributed by atoms with Gasteiger partial charge < -0.3 is 0 Å². The van der Waals surface area contributed by atoms with Gasteiger partial charge in [-0.2, -0.15) is 0 Å². The topological polar surface area (TPSA) is 162 Å². The molecule has 11 nitrogen and oxygen atoms in total. The minimum atomic E-state index is -4.16. The van der Waals surface area contributed by atoms with Gasteiger partial charge >= 0.3 is 0 Å². The molecule has 1 heterocycles. The molecule has 5 rings (SSSR count). The number of nitrogens with one attached hydrogen (secondary N) is 1. The highest BCUT2D eigenvalue weighted by Gasteiger charge is 2.23. The normalized spacial score (nSPS) is 11.6. The number of aryl methyl sites for hydroxylation is 1. The summed E-state index contributed by atoms with van der Waals surface area (Å²) in [6, 6.07) is 31.8. The van der Waals surface area contributed by atoms with Crippen molar-refractivity contribution in [2.45, 2.75) is 34.7 Å². The molecule has 0 spiro atoms. The Balaban J connectivity index is 1.28. The van der Waals surface area contributed by atoms with E-state index in [0.717, 1.165) is 38.7 Å². The summed E-state index contributed by atoms with van der Waals surface area (Å²) in [7, 11) is -8.24. The number of thiazole rings is 1. The summed E-state index contributed by atoms with van der Waals surface area (Å²) in [6.45, 7) is 3.30. The fourth-order valence-electron chi connectivity index (χ4n) is 4.71. The molecule has 0 unspecified atom stereocenters. The molecule has 0 aliphatic carbocycles. The molecule has 0 fully saturated rings. The Hall–Kier alpha value is -4.50. The molecular formula is C33H30N6O5S4. The summed E-state index contributed by atoms with van der Waals surface area (Å²) in [5.41, 5.74) is 11.5. The Morgan fingerprint density at radius 1 is 0.854 bits per heavy atom. The fraction of sp³-hybridized carbons (Fsp3) is 0.152. The standard InChI is InChI=1S/C33H30N6O5S4/c1-24-31(46-33(35-24)27-8-4-2-5-9-27)32(40)36-47(41,42)29-16-12-25(13-17-29)22-39(20-21-45-28-10-6-3-7-11-28)23-26-14-18-30(19-15-26)48(43,44)38-37-34/h2-19H,20-23H2,1H3,(H,36,40). The van der Waals surface area contributed by atoms with Gasteiger partial charge in [0.25, 0.3) is 26.0 Å². The lowest BCUT2D eigenvalue weighted by atomic mass is 10.1. The van der Waals surface area contributed by atoms with Crippen LogP contribution in [0.2, 0.25) is 0 Å². The van der Waals surface area contributed by atoms with Gasteiger partial charge in [-0.3, -0.25) is 9.69 Å². The molecular weight excluding hydrogens is 689 g/mol. The number of rotatable bonds is 14. The van der Waals surface area contributed by atoms with Crippen molar-refractivity contribution in [1.29, 1.82) is 0 Å². The number of thioether (sulfide) groups is 1. The third-order valence-corrected chi connectivity index (χ3v) is 11.8. The molecule has 246 valence electrons. The number of azide groups is 1. The molecule has 0 saturated carbocycles. The fourth-order valence-corrected chi connectivity index (χ4v) is 8.31. The van der Waals surface area contributed by atoms with Crippen LogP contribution in [0.5, 0.6) is 0 Å². The second-order valence-corrected chi connectivity index (χ2v) is 16.0. The molecule has 48 heavy (non-hydrogen) atoms. The zero-order chi connectivity index (χ0) is 34.1. The van der Waals surface area contributed by atoms with Crippen LogP contribution in [-0.4, -0.2) is 44.9 Å². The van der Waals surface area contributed by atoms with Gasteiger partial charge in [-0.05, 0) is 60.0 Å². The molecule has 0 aliphatic heterocycles. The van der Waals surface area contributed by atoms with Crippen molar-refractivity contribution < 1.29 is 21.6 Å². The summed E-state index contributed by atoms with van der Waals surface area (Å²) >= 11 is 2.83. The van der Waals surface area contributed by atoms with Crippen molar-refractivity contribution in [3.05, 3.63) is 141 Å². The van der Waals surface area contributed by atoms with Crippen LogP contribution in [0.3, 0.4) is 0 Å². The molecule has 0 bridgehead atoms. The van der Waals surface area contributed by atoms with Crippen LogP contribution in [0.15, 0.2) is 128 Å². The second kappa shape index (κ2) is 15.6. The van der Waals surface area contributed by atoms with E-state index in [2.05, 4.69) is 24.0 Å². The van der Waals surface area contributed by atoms with Crippen LogP contribution in [0, 0.1) is 6.92 Å². The van der Waals surface area contributed by atoms with Crippen LogP contribution in [0.1, 0.15) is 26.5 Å². The minimum absolute atomic E-state index is 0.0481. The molecule has 1 amide bonds. The number of hydrogen-bond acceptors (Lipinski definition) is 9. The van der Waals surface area contributed by atoms with Gasteiger partial charge in [0.1, 0.15) is 9.88 Å². The van der Waals surface area contributed by atoms with Crippen LogP contribution in [0.4, 0.5) is 0 Å². The number of nitrogens with zero attached hydrogens (tertiary/aromatic N) is 5. The van der Waals surface area contributed by atoms with Crippen molar-refractivity contribution in [3.63, 3.8) is 0 Å². The van der Waals surface area contributed by atoms with Crippen molar-refractivity contribution in [2.75, 3.05) is 12.3 Å². The van der Waals surface area contributed by atoms with Gasteiger partial charge in [0.15, 0.2) is 0 Å². The lowest BCUT2D eigenvalue weighted by Crippen LogP contribution is -2.30. The molecule has 1 N–H and O–H groups in total. The predicted octanol–water partition coefficient (Wildman–Crippen LogP) is 7.03. The highest BCUT2D eigenvalue weighted by atomic mass is 32.2. The van der Waals surface area contributed by atoms with E-state index < -0.39 is 26.0 Å². The first kappa shape index (κ1) is 34.8. The first-order valence-electron chi connectivity index (χ1n) is 14.5. The summed E-state index contributed by atoms with van der Waals surface area (Å²) in [4.78, 5) is 23.2. The highest BCUT2D eigenvalue weighted by Crippen LogP contribution is 2.28. The molecule has 1 aromatic heterocycles. The Labute approximate surface area is 287 Å². The van der Waals surface area contributed by atoms with E-state index in [1.54, 1.807) is 43.0 Å². The monoisotopic (exact) mass is 718 g/mol. The Morgan fingerprint density at radius 3 is 2.00 bits per heavy atom. The Bertz CT molecular complexity index is 2140. The van der Waals surface area contributed by atoms with E-state index in [-0.39, 0.29) is 14.7 Å². The van der Waals surface area contributed by atoms with E-state index in [4.69, 9.17) is 5.53 Å². The molecule has 0 aliphatic rings. The maximum absolute atomic E-state index is 13.2. The number of carbonyl (C=O) groups excluding carboxylic acids is 1. The van der Waals surface area contributed by atoms with Gasteiger partial charge in [-0.25, -0.2) is 26.5 Å². The van der Waals surface area contributed by atoms with Crippen molar-refractivity contribution in [1.82, 2.24) is 14.6 Å². The number of hydrogen-bond donors (Lipinski definition) is 1. The quantitative estimate of drug-likeness (QED) is 0.0554. The van der Waals surface area contributed by atoms with Crippen LogP contribution < -0.4 is 4.72 Å². The smallest absolute Gasteiger partial charge is 0.277 e. The maximum atomic E-state index is 13.2. The zero-order valence-electron chi connectivity index (χ0n) is 25.6. The summed E-state index contributed by atoms with van der Waals surface area (Å²) in [6.07, 6.45) is 0. The van der Waals surface area contributed by atoms with Crippen molar-refractivity contribution in [2.24, 2.45) is 4.52 Å². The minimum Gasteiger partial charge on any atom is -0.294 e. The number of sulfonamides is 2. The molecule has 4 aromatic carbocycles. The molecule has 0 saturated heterocycles. The summed E-state index contributed by atoms with van der Waals surface area (Å²) < 4.78 is 55.5. The molecule has 0 atom stereocenters. The summed E-state index contributed by atoms with van der Waals surface area (Å²) in [5, 5.41) is 0.626. The van der Waals surface area contributed by atoms with Crippen LogP contribution in [-0.2, 0) is 33.1 Å². The largest absolute Gasteiger partial charge is 0.294 e. The molecule has 0 radical (unpaired) electrons. The number of benzene rings is 4. The average molecular weight is 719 g/mol. The van der Waals surface area contributed by atoms with Crippen molar-refractivity contribution in [3.8, 4) is 10.6 Å². The van der Waals surface area contributed by atoms with Gasteiger partial charge in [0.05, 0.1) is 15.5 Å². The number of aromatic nitrogens is 1. The lowest BCUT2D eigenvalue weighted by Gasteiger charge is -2.23. The maximum Gasteiger partial charge on any atom is 0.277 e. The SMILES string of the molecule is Cc1nc(-c2ccccc2)sc1C(=O)NS(=O)(=O)c1ccc(CN(CCSc2ccccc2)Cc2ccc(S(=O)(=O)N=[N+]=[N-])cc2)cc1. The van der Waals surface area contributed by atoms with E-state index in [1.807, 2.05) is 60.7 Å². The lowest BCUT2D eigenvalue weighted by molar-refractivity contribution is 0.0984. The third-order valence-electron chi connectivity index (χ3n) is 7.08. The molecule has 15 heteroatoms. The van der Waals surface area contributed by atoms with E-state index in [9.17, 15) is 21.6 Å². The van der Waals surface area contributed by atoms with Gasteiger partial charge in [0.2, 0.25) is 0 Å². The molecule has 5 aromatic rings. The van der Waals surface area contributed by atoms with E-state index in [0.29, 0.717) is 30.3 Å². The van der Waals surface area contributed by atoms with Gasteiger partial charge in [0, 0.05) is 45.3 Å². The first-order chi connectivity index (χ1) is 23.0. The highest BCUT2D eigenvalue weighted by molar-refractivity contribution is 7.99. The number of amides is 1. The average Bonchev–Trinajstić information content (AvgIpc) is 3.47. The van der Waals surface area contributed by atoms with Crippen LogP contribution >= 0.6 is 23.1 Å². The Morgan fingerprint density at radius 2 is 1.42 bits per heavy atom. The van der Waals surface area contributed by atoms with E-state index >= 15 is 0 Å².